The van der Waals surface area contributed by atoms with E-state index in [4.69, 9.17) is 14.6 Å². The van der Waals surface area contributed by atoms with Gasteiger partial charge in [-0.2, -0.15) is 12.6 Å². The third-order valence-corrected chi connectivity index (χ3v) is 10.4. The maximum absolute atomic E-state index is 13.7. The summed E-state index contributed by atoms with van der Waals surface area (Å²) in [7, 11) is 0. The van der Waals surface area contributed by atoms with Crippen molar-refractivity contribution in [3.8, 4) is 17.6 Å². The molecular formula is C38H53NO7S. The summed E-state index contributed by atoms with van der Waals surface area (Å²) in [6, 6.07) is 5.99. The van der Waals surface area contributed by atoms with Crippen LogP contribution in [-0.2, 0) is 25.5 Å². The summed E-state index contributed by atoms with van der Waals surface area (Å²) in [6.45, 7) is 4.42. The number of ether oxygens (including phenoxy) is 2. The minimum atomic E-state index is -0.814. The lowest BCUT2D eigenvalue weighted by molar-refractivity contribution is -0.159. The number of nitrogens with one attached hydrogen (secondary N) is 1. The van der Waals surface area contributed by atoms with Crippen molar-refractivity contribution < 1.29 is 34.1 Å². The zero-order chi connectivity index (χ0) is 33.8. The van der Waals surface area contributed by atoms with Crippen molar-refractivity contribution in [1.82, 2.24) is 5.32 Å². The van der Waals surface area contributed by atoms with Crippen LogP contribution in [0, 0.1) is 35.5 Å². The van der Waals surface area contributed by atoms with Gasteiger partial charge >= 0.3 is 11.9 Å². The maximum Gasteiger partial charge on any atom is 0.310 e. The van der Waals surface area contributed by atoms with Gasteiger partial charge in [0.15, 0.2) is 0 Å². The number of aryl methyl sites for hydroxylation is 1. The van der Waals surface area contributed by atoms with Gasteiger partial charge in [0.25, 0.3) is 0 Å². The number of aliphatic hydroxyl groups excluding tert-OH is 1. The van der Waals surface area contributed by atoms with Crippen molar-refractivity contribution in [2.24, 2.45) is 23.7 Å². The van der Waals surface area contributed by atoms with Gasteiger partial charge in [-0.25, -0.2) is 0 Å². The molecule has 4 rings (SSSR count). The topological polar surface area (TPSA) is 122 Å². The smallest absolute Gasteiger partial charge is 0.310 e. The fourth-order valence-electron chi connectivity index (χ4n) is 7.44. The number of para-hydroxylation sites is 1. The number of carbonyl (C=O) groups excluding carboxylic acids is 2. The molecule has 0 spiro atoms. The molecule has 1 amide bonds. The summed E-state index contributed by atoms with van der Waals surface area (Å²) >= 11 is 4.26. The SMILES string of the molecule is CC#CCC(C)[C@@H](C=C[C@H]1C(O)C[C@@H]2Oc3c(CCCC(=O)O)cccc3[C@@H]21)OC(=O)[C@H]1CCCC[C@H]1C(=O)NCCCCCCS. The Morgan fingerprint density at radius 2 is 1.89 bits per heavy atom. The monoisotopic (exact) mass is 667 g/mol. The maximum atomic E-state index is 13.7. The third kappa shape index (κ3) is 10.0. The van der Waals surface area contributed by atoms with E-state index in [1.807, 2.05) is 37.3 Å². The van der Waals surface area contributed by atoms with Gasteiger partial charge in [-0.1, -0.05) is 56.9 Å². The van der Waals surface area contributed by atoms with Crippen molar-refractivity contribution >= 4 is 30.5 Å². The second-order valence-corrected chi connectivity index (χ2v) is 13.9. The summed E-state index contributed by atoms with van der Waals surface area (Å²) in [4.78, 5) is 38.0. The van der Waals surface area contributed by atoms with Crippen LogP contribution >= 0.6 is 12.6 Å². The van der Waals surface area contributed by atoms with E-state index in [1.165, 1.54) is 0 Å². The van der Waals surface area contributed by atoms with Gasteiger partial charge in [0.1, 0.15) is 18.0 Å². The average Bonchev–Trinajstić information content (AvgIpc) is 3.57. The number of unbranched alkanes of at least 4 members (excludes halogenated alkanes) is 3. The molecule has 8 nitrogen and oxygen atoms in total. The Bertz CT molecular complexity index is 1300. The Kier molecular flexibility index (Phi) is 14.5. The minimum Gasteiger partial charge on any atom is -0.489 e. The van der Waals surface area contributed by atoms with Crippen LogP contribution in [0.25, 0.3) is 0 Å². The molecule has 0 saturated heterocycles. The first kappa shape index (κ1) is 36.9. The van der Waals surface area contributed by atoms with E-state index in [1.54, 1.807) is 6.92 Å². The number of carboxylic acids is 1. The molecule has 1 aromatic rings. The highest BCUT2D eigenvalue weighted by molar-refractivity contribution is 7.80. The number of aliphatic carboxylic acids is 1. The predicted octanol–water partition coefficient (Wildman–Crippen LogP) is 6.25. The van der Waals surface area contributed by atoms with Crippen LogP contribution in [0.3, 0.4) is 0 Å². The highest BCUT2D eigenvalue weighted by Crippen LogP contribution is 2.52. The Balaban J connectivity index is 1.46. The van der Waals surface area contributed by atoms with Gasteiger partial charge in [-0.3, -0.25) is 14.4 Å². The first-order chi connectivity index (χ1) is 22.7. The zero-order valence-corrected chi connectivity index (χ0v) is 28.9. The van der Waals surface area contributed by atoms with Gasteiger partial charge in [0, 0.05) is 49.1 Å². The standard InChI is InChI=1S/C38H53NO7S/c1-3-4-13-25(2)32(46-38(44)28-17-8-7-16-27(28)37(43)39-22-9-5-6-10-23-47)21-20-29-31(40)24-33-35(29)30-18-11-14-26(36(30)45-33)15-12-19-34(41)42/h11,14,18,20-21,25,27-29,31-33,35,40,47H,5-10,12-13,15-17,19,22-24H2,1-2H3,(H,39,43)(H,41,42)/t25?,27-,28+,29+,31?,32-,33+,35+/m1/s1. The second-order valence-electron chi connectivity index (χ2n) is 13.5. The molecule has 8 atom stereocenters. The Morgan fingerprint density at radius 3 is 2.64 bits per heavy atom. The molecule has 0 aromatic heterocycles. The minimum absolute atomic E-state index is 0.0536. The van der Waals surface area contributed by atoms with Gasteiger partial charge in [0.05, 0.1) is 17.9 Å². The van der Waals surface area contributed by atoms with Crippen molar-refractivity contribution in [3.63, 3.8) is 0 Å². The molecular weight excluding hydrogens is 614 g/mol. The Hall–Kier alpha value is -2.96. The largest absolute Gasteiger partial charge is 0.489 e. The van der Waals surface area contributed by atoms with E-state index in [2.05, 4.69) is 29.8 Å². The zero-order valence-electron chi connectivity index (χ0n) is 28.0. The molecule has 47 heavy (non-hydrogen) atoms. The number of hydrogen-bond acceptors (Lipinski definition) is 7. The van der Waals surface area contributed by atoms with Crippen LogP contribution in [0.2, 0.25) is 0 Å². The number of fused-ring (bicyclic) bond motifs is 3. The van der Waals surface area contributed by atoms with Crippen LogP contribution in [0.15, 0.2) is 30.4 Å². The molecule has 2 fully saturated rings. The van der Waals surface area contributed by atoms with E-state index < -0.39 is 30.0 Å². The second kappa shape index (κ2) is 18.5. The Morgan fingerprint density at radius 1 is 1.13 bits per heavy atom. The van der Waals surface area contributed by atoms with Gasteiger partial charge in [0.2, 0.25) is 5.91 Å². The average molecular weight is 668 g/mol. The lowest BCUT2D eigenvalue weighted by Crippen LogP contribution is -2.41. The first-order valence-corrected chi connectivity index (χ1v) is 18.2. The highest BCUT2D eigenvalue weighted by Gasteiger charge is 2.49. The summed E-state index contributed by atoms with van der Waals surface area (Å²) in [5.41, 5.74) is 2.03. The number of rotatable bonds is 17. The van der Waals surface area contributed by atoms with Crippen molar-refractivity contribution in [2.45, 2.75) is 122 Å². The predicted molar refractivity (Wildman–Crippen MR) is 185 cm³/mol. The van der Waals surface area contributed by atoms with Crippen LogP contribution in [0.5, 0.6) is 5.75 Å². The molecule has 2 saturated carbocycles. The van der Waals surface area contributed by atoms with Gasteiger partial charge in [-0.05, 0) is 62.8 Å². The first-order valence-electron chi connectivity index (χ1n) is 17.6. The Labute approximate surface area is 285 Å². The molecule has 3 N–H and O–H groups in total. The lowest BCUT2D eigenvalue weighted by atomic mass is 9.78. The summed E-state index contributed by atoms with van der Waals surface area (Å²) < 4.78 is 12.6. The van der Waals surface area contributed by atoms with E-state index in [0.717, 1.165) is 61.2 Å². The summed E-state index contributed by atoms with van der Waals surface area (Å²) in [5, 5.41) is 23.3. The van der Waals surface area contributed by atoms with Crippen LogP contribution in [-0.4, -0.2) is 58.7 Å². The van der Waals surface area contributed by atoms with E-state index in [-0.39, 0.29) is 42.2 Å². The molecule has 1 heterocycles. The van der Waals surface area contributed by atoms with Crippen LogP contribution in [0.4, 0.5) is 0 Å². The third-order valence-electron chi connectivity index (χ3n) is 10.1. The molecule has 258 valence electrons. The highest BCUT2D eigenvalue weighted by atomic mass is 32.1. The van der Waals surface area contributed by atoms with E-state index >= 15 is 0 Å². The van der Waals surface area contributed by atoms with Crippen molar-refractivity contribution in [1.29, 1.82) is 0 Å². The number of amides is 1. The number of carbonyl (C=O) groups is 3. The van der Waals surface area contributed by atoms with E-state index in [9.17, 15) is 19.5 Å². The number of carboxylic acid groups (broad SMARTS) is 1. The molecule has 1 aromatic carbocycles. The molecule has 3 aliphatic rings. The normalized spacial score (nSPS) is 26.0. The van der Waals surface area contributed by atoms with Crippen LogP contribution < -0.4 is 10.1 Å². The molecule has 0 bridgehead atoms. The fraction of sp³-hybridized carbons (Fsp3) is 0.658. The number of thiol groups is 1. The fourth-order valence-corrected chi connectivity index (χ4v) is 7.66. The molecule has 1 aliphatic heterocycles. The molecule has 9 heteroatoms. The van der Waals surface area contributed by atoms with E-state index in [0.29, 0.717) is 45.1 Å². The number of benzene rings is 1. The molecule has 2 aliphatic carbocycles. The number of hydrogen-bond donors (Lipinski definition) is 4. The summed E-state index contributed by atoms with van der Waals surface area (Å²) in [6.07, 6.45) is 12.1. The lowest BCUT2D eigenvalue weighted by Gasteiger charge is -2.31. The van der Waals surface area contributed by atoms with Crippen LogP contribution in [0.1, 0.15) is 108 Å². The van der Waals surface area contributed by atoms with Crippen molar-refractivity contribution in [2.75, 3.05) is 12.3 Å². The van der Waals surface area contributed by atoms with Gasteiger partial charge in [-0.15, -0.1) is 11.8 Å². The summed E-state index contributed by atoms with van der Waals surface area (Å²) in [5.74, 6) is 5.29. The quantitative estimate of drug-likeness (QED) is 0.0510. The van der Waals surface area contributed by atoms with Gasteiger partial charge < -0.3 is 25.0 Å². The molecule has 2 unspecified atom stereocenters. The number of aliphatic hydroxyl groups is 1. The number of esters is 1. The van der Waals surface area contributed by atoms with Crippen molar-refractivity contribution in [3.05, 3.63) is 41.5 Å². The molecule has 0 radical (unpaired) electrons.